The first kappa shape index (κ1) is 22.8. The number of rotatable bonds is 8. The Kier molecular flexibility index (Phi) is 6.48. The van der Waals surface area contributed by atoms with Gasteiger partial charge in [0, 0.05) is 5.56 Å². The third-order valence-electron chi connectivity index (χ3n) is 5.20. The van der Waals surface area contributed by atoms with E-state index in [0.29, 0.717) is 39.8 Å². The molecule has 0 saturated carbocycles. The van der Waals surface area contributed by atoms with E-state index in [2.05, 4.69) is 15.3 Å². The number of aromatic nitrogens is 4. The summed E-state index contributed by atoms with van der Waals surface area (Å²) >= 11 is 0. The molecule has 0 spiro atoms. The number of hydrogen-bond donors (Lipinski definition) is 0. The molecule has 0 unspecified atom stereocenters. The van der Waals surface area contributed by atoms with E-state index >= 15 is 0 Å². The smallest absolute Gasteiger partial charge is 0.342 e. The monoisotopic (exact) mass is 464 g/mol. The number of methoxy groups -OCH3 is 3. The Hall–Kier alpha value is -4.34. The van der Waals surface area contributed by atoms with E-state index < -0.39 is 5.97 Å². The highest BCUT2D eigenvalue weighted by Crippen LogP contribution is 2.40. The van der Waals surface area contributed by atoms with E-state index in [-0.39, 0.29) is 18.4 Å². The Morgan fingerprint density at radius 3 is 2.26 bits per heavy atom. The number of esters is 1. The molecule has 2 heterocycles. The third-order valence-corrected chi connectivity index (χ3v) is 5.20. The lowest BCUT2D eigenvalue weighted by Crippen LogP contribution is -2.08. The second-order valence-corrected chi connectivity index (χ2v) is 7.28. The molecule has 0 radical (unpaired) electrons. The zero-order valence-corrected chi connectivity index (χ0v) is 19.5. The zero-order chi connectivity index (χ0) is 24.2. The minimum atomic E-state index is -0.523. The molecule has 10 nitrogen and oxygen atoms in total. The fourth-order valence-corrected chi connectivity index (χ4v) is 3.59. The van der Waals surface area contributed by atoms with Gasteiger partial charge in [-0.05, 0) is 38.1 Å². The van der Waals surface area contributed by atoms with E-state index in [1.165, 1.54) is 21.3 Å². The number of hydrogen-bond acceptors (Lipinski definition) is 9. The van der Waals surface area contributed by atoms with Crippen molar-refractivity contribution >= 4 is 5.97 Å². The molecule has 0 aliphatic heterocycles. The van der Waals surface area contributed by atoms with Gasteiger partial charge >= 0.3 is 5.97 Å². The number of nitrogens with zero attached hydrogens (tertiary/aromatic N) is 4. The van der Waals surface area contributed by atoms with Crippen molar-refractivity contribution < 1.29 is 28.2 Å². The van der Waals surface area contributed by atoms with Crippen LogP contribution in [-0.4, -0.2) is 47.3 Å². The van der Waals surface area contributed by atoms with Gasteiger partial charge in [0.1, 0.15) is 5.56 Å². The van der Waals surface area contributed by atoms with Crippen LogP contribution in [0.1, 0.15) is 27.6 Å². The first-order valence-corrected chi connectivity index (χ1v) is 10.4. The van der Waals surface area contributed by atoms with Crippen LogP contribution in [0.3, 0.4) is 0 Å². The summed E-state index contributed by atoms with van der Waals surface area (Å²) in [5.41, 5.74) is 3.06. The van der Waals surface area contributed by atoms with Crippen LogP contribution >= 0.6 is 0 Å². The van der Waals surface area contributed by atoms with Gasteiger partial charge in [-0.2, -0.15) is 5.10 Å². The van der Waals surface area contributed by atoms with Gasteiger partial charge in [-0.1, -0.05) is 18.2 Å². The van der Waals surface area contributed by atoms with Crippen molar-refractivity contribution in [3.63, 3.8) is 0 Å². The molecule has 10 heteroatoms. The summed E-state index contributed by atoms with van der Waals surface area (Å²) < 4.78 is 28.9. The molecule has 0 aliphatic carbocycles. The predicted octanol–water partition coefficient (Wildman–Crippen LogP) is 3.92. The van der Waals surface area contributed by atoms with Crippen LogP contribution in [0.15, 0.2) is 46.9 Å². The lowest BCUT2D eigenvalue weighted by atomic mass is 10.2. The van der Waals surface area contributed by atoms with Crippen LogP contribution < -0.4 is 14.2 Å². The Morgan fingerprint density at radius 1 is 0.971 bits per heavy atom. The van der Waals surface area contributed by atoms with Crippen molar-refractivity contribution in [3.8, 4) is 34.4 Å². The minimum Gasteiger partial charge on any atom is -0.493 e. The molecule has 34 heavy (non-hydrogen) atoms. The fraction of sp³-hybridized carbons (Fsp3) is 0.250. The second-order valence-electron chi connectivity index (χ2n) is 7.28. The maximum atomic E-state index is 12.8. The van der Waals surface area contributed by atoms with Gasteiger partial charge in [0.2, 0.25) is 11.6 Å². The molecule has 176 valence electrons. The summed E-state index contributed by atoms with van der Waals surface area (Å²) in [6.07, 6.45) is 0. The van der Waals surface area contributed by atoms with Crippen LogP contribution in [0.4, 0.5) is 0 Å². The van der Waals surface area contributed by atoms with Crippen molar-refractivity contribution in [2.45, 2.75) is 20.5 Å². The van der Waals surface area contributed by atoms with Gasteiger partial charge in [-0.25, -0.2) is 9.48 Å². The van der Waals surface area contributed by atoms with Crippen LogP contribution in [0.2, 0.25) is 0 Å². The predicted molar refractivity (Wildman–Crippen MR) is 122 cm³/mol. The van der Waals surface area contributed by atoms with E-state index in [1.54, 1.807) is 23.7 Å². The maximum absolute atomic E-state index is 12.8. The molecule has 2 aromatic carbocycles. The first-order valence-electron chi connectivity index (χ1n) is 10.4. The van der Waals surface area contributed by atoms with Gasteiger partial charge in [-0.15, -0.1) is 10.2 Å². The molecule has 0 atom stereocenters. The number of carbonyl (C=O) groups is 1. The average molecular weight is 464 g/mol. The Bertz CT molecular complexity index is 1290. The standard InChI is InChI=1S/C24H24N4O6/c1-14-21(15(2)28(27-14)17-9-7-6-8-10-17)24(29)33-13-20-25-26-23(34-20)16-11-18(30-3)22(32-5)19(12-16)31-4/h6-12H,13H2,1-5H3. The normalized spacial score (nSPS) is 10.7. The van der Waals surface area contributed by atoms with Crippen LogP contribution in [0, 0.1) is 13.8 Å². The number of carbonyl (C=O) groups excluding carboxylic acids is 1. The molecular formula is C24H24N4O6. The van der Waals surface area contributed by atoms with Gasteiger partial charge in [0.05, 0.1) is 38.4 Å². The number of ether oxygens (including phenoxy) is 4. The van der Waals surface area contributed by atoms with E-state index in [4.69, 9.17) is 23.4 Å². The van der Waals surface area contributed by atoms with Gasteiger partial charge in [-0.3, -0.25) is 0 Å². The molecule has 0 bridgehead atoms. The summed E-state index contributed by atoms with van der Waals surface area (Å²) in [6.45, 7) is 3.39. The largest absolute Gasteiger partial charge is 0.493 e. The molecule has 0 aliphatic rings. The topological polar surface area (TPSA) is 111 Å². The summed E-state index contributed by atoms with van der Waals surface area (Å²) in [5, 5.41) is 12.5. The molecule has 4 rings (SSSR count). The molecule has 0 saturated heterocycles. The second kappa shape index (κ2) is 9.65. The summed E-state index contributed by atoms with van der Waals surface area (Å²) in [5.74, 6) is 1.18. The Labute approximate surface area is 196 Å². The molecule has 0 fully saturated rings. The van der Waals surface area contributed by atoms with E-state index in [9.17, 15) is 4.79 Å². The maximum Gasteiger partial charge on any atom is 0.342 e. The minimum absolute atomic E-state index is 0.142. The first-order chi connectivity index (χ1) is 16.5. The zero-order valence-electron chi connectivity index (χ0n) is 19.5. The fourth-order valence-electron chi connectivity index (χ4n) is 3.59. The number of aryl methyl sites for hydroxylation is 1. The van der Waals surface area contributed by atoms with Crippen molar-refractivity contribution in [2.24, 2.45) is 0 Å². The van der Waals surface area contributed by atoms with Crippen LogP contribution in [0.5, 0.6) is 17.2 Å². The van der Waals surface area contributed by atoms with Gasteiger partial charge < -0.3 is 23.4 Å². The summed E-state index contributed by atoms with van der Waals surface area (Å²) in [6, 6.07) is 12.9. The van der Waals surface area contributed by atoms with Crippen molar-refractivity contribution in [2.75, 3.05) is 21.3 Å². The molecule has 0 amide bonds. The highest BCUT2D eigenvalue weighted by Gasteiger charge is 2.22. The highest BCUT2D eigenvalue weighted by atomic mass is 16.5. The van der Waals surface area contributed by atoms with Gasteiger partial charge in [0.25, 0.3) is 5.89 Å². The number of benzene rings is 2. The molecular weight excluding hydrogens is 440 g/mol. The van der Waals surface area contributed by atoms with Crippen LogP contribution in [0.25, 0.3) is 17.1 Å². The van der Waals surface area contributed by atoms with Gasteiger partial charge in [0.15, 0.2) is 18.1 Å². The molecule has 2 aromatic heterocycles. The molecule has 0 N–H and O–H groups in total. The van der Waals surface area contributed by atoms with Crippen LogP contribution in [-0.2, 0) is 11.3 Å². The van der Waals surface area contributed by atoms with Crippen molar-refractivity contribution in [3.05, 3.63) is 65.3 Å². The third kappa shape index (κ3) is 4.29. The lowest BCUT2D eigenvalue weighted by Gasteiger charge is -2.12. The lowest BCUT2D eigenvalue weighted by molar-refractivity contribution is 0.0437. The quantitative estimate of drug-likeness (QED) is 0.358. The summed E-state index contributed by atoms with van der Waals surface area (Å²) in [7, 11) is 4.56. The SMILES string of the molecule is COc1cc(-c2nnc(COC(=O)c3c(C)nn(-c4ccccc4)c3C)o2)cc(OC)c1OC. The van der Waals surface area contributed by atoms with Crippen molar-refractivity contribution in [1.29, 1.82) is 0 Å². The number of para-hydroxylation sites is 1. The summed E-state index contributed by atoms with van der Waals surface area (Å²) in [4.78, 5) is 12.8. The Morgan fingerprint density at radius 2 is 1.65 bits per heavy atom. The van der Waals surface area contributed by atoms with Crippen molar-refractivity contribution in [1.82, 2.24) is 20.0 Å². The Balaban J connectivity index is 1.51. The van der Waals surface area contributed by atoms with E-state index in [0.717, 1.165) is 5.69 Å². The highest BCUT2D eigenvalue weighted by molar-refractivity contribution is 5.92. The average Bonchev–Trinajstić information content (AvgIpc) is 3.46. The molecule has 4 aromatic rings. The van der Waals surface area contributed by atoms with E-state index in [1.807, 2.05) is 37.3 Å².